The topological polar surface area (TPSA) is 63.8 Å². The Morgan fingerprint density at radius 3 is 1.47 bits per heavy atom. The highest BCUT2D eigenvalue weighted by Crippen LogP contribution is 2.64. The summed E-state index contributed by atoms with van der Waals surface area (Å²) in [5, 5.41) is 5.97. The van der Waals surface area contributed by atoms with Crippen LogP contribution in [-0.2, 0) is 19.9 Å². The zero-order valence-corrected chi connectivity index (χ0v) is 27.6. The van der Waals surface area contributed by atoms with E-state index in [-0.39, 0.29) is 0 Å². The molecule has 0 bridgehead atoms. The first-order chi connectivity index (χ1) is 18.6. The minimum absolute atomic E-state index is 0.469. The standard InChI is InChI=1S/C25H21N3O2S6.CH3I/c1-28-14-20-21(15-28)34-24(33-20)25-35-22(31-12-10-16-2-6-18(26-29)7-3-16)23(36-25)32-13-11-17-4-8-19(27-30)9-5-17;1-2/h2-9,14-15H,10-13H2,1H3;1H3. The second-order valence-corrected chi connectivity index (χ2v) is 15.3. The van der Waals surface area contributed by atoms with Gasteiger partial charge in [0.15, 0.2) is 0 Å². The van der Waals surface area contributed by atoms with Gasteiger partial charge in [0.2, 0.25) is 0 Å². The van der Waals surface area contributed by atoms with Crippen LogP contribution < -0.4 is 0 Å². The first kappa shape index (κ1) is 30.2. The second kappa shape index (κ2) is 15.3. The molecule has 0 fully saturated rings. The summed E-state index contributed by atoms with van der Waals surface area (Å²) in [5.74, 6) is 1.95. The predicted molar refractivity (Wildman–Crippen MR) is 182 cm³/mol. The lowest BCUT2D eigenvalue weighted by Gasteiger charge is -2.06. The molecule has 0 unspecified atom stereocenters. The molecule has 0 N–H and O–H groups in total. The molecule has 3 heterocycles. The maximum absolute atomic E-state index is 10.7. The smallest absolute Gasteiger partial charge is 0.108 e. The fourth-order valence-electron chi connectivity index (χ4n) is 3.49. The van der Waals surface area contributed by atoms with E-state index in [1.165, 1.54) is 37.9 Å². The van der Waals surface area contributed by atoms with E-state index in [4.69, 9.17) is 0 Å². The molecule has 0 saturated carbocycles. The van der Waals surface area contributed by atoms with E-state index in [2.05, 4.69) is 57.0 Å². The van der Waals surface area contributed by atoms with Gasteiger partial charge in [-0.15, -0.1) is 33.3 Å². The Hall–Kier alpha value is -0.770. The van der Waals surface area contributed by atoms with Gasteiger partial charge >= 0.3 is 0 Å². The van der Waals surface area contributed by atoms with Gasteiger partial charge in [-0.2, -0.15) is 0 Å². The number of rotatable bonds is 10. The van der Waals surface area contributed by atoms with Gasteiger partial charge in [0.05, 0.1) is 16.9 Å². The number of benzene rings is 2. The fourth-order valence-corrected chi connectivity index (χ4v) is 12.4. The minimum Gasteiger partial charge on any atom is -0.355 e. The molecular weight excluding hydrogens is 706 g/mol. The summed E-state index contributed by atoms with van der Waals surface area (Å²) < 4.78 is 7.61. The van der Waals surface area contributed by atoms with E-state index in [1.54, 1.807) is 24.3 Å². The van der Waals surface area contributed by atoms with Crippen LogP contribution in [-0.4, -0.2) is 21.0 Å². The summed E-state index contributed by atoms with van der Waals surface area (Å²) >= 11 is 13.5. The molecule has 3 aromatic rings. The molecular formula is C26H24IN3O2S6. The van der Waals surface area contributed by atoms with Crippen LogP contribution >= 0.6 is 93.2 Å². The number of alkyl halides is 1. The van der Waals surface area contributed by atoms with Crippen molar-refractivity contribution >= 4 is 105 Å². The van der Waals surface area contributed by atoms with Crippen molar-refractivity contribution in [3.63, 3.8) is 0 Å². The molecule has 2 aliphatic rings. The molecule has 2 aromatic carbocycles. The van der Waals surface area contributed by atoms with Gasteiger partial charge in [-0.05, 0) is 63.5 Å². The zero-order chi connectivity index (χ0) is 26.9. The number of hydrogen-bond acceptors (Lipinski definition) is 10. The van der Waals surface area contributed by atoms with Crippen LogP contribution in [0.1, 0.15) is 11.1 Å². The minimum atomic E-state index is 0.469. The number of hydrogen-bond donors (Lipinski definition) is 0. The Kier molecular flexibility index (Phi) is 12.1. The summed E-state index contributed by atoms with van der Waals surface area (Å²) in [7, 11) is 2.07. The van der Waals surface area contributed by atoms with Gasteiger partial charge in [0, 0.05) is 40.7 Å². The average molecular weight is 730 g/mol. The Labute approximate surface area is 262 Å². The highest BCUT2D eigenvalue weighted by Gasteiger charge is 2.29. The average Bonchev–Trinajstić information content (AvgIpc) is 3.63. The lowest BCUT2D eigenvalue weighted by molar-refractivity contribution is 0.916. The molecule has 0 saturated heterocycles. The largest absolute Gasteiger partial charge is 0.355 e. The highest BCUT2D eigenvalue weighted by atomic mass is 127. The number of thioether (sulfide) groups is 6. The number of aromatic nitrogens is 1. The van der Waals surface area contributed by atoms with Crippen molar-refractivity contribution < 1.29 is 0 Å². The molecule has 5 nitrogen and oxygen atoms in total. The lowest BCUT2D eigenvalue weighted by Crippen LogP contribution is -1.89. The van der Waals surface area contributed by atoms with Crippen LogP contribution in [0.3, 0.4) is 0 Å². The van der Waals surface area contributed by atoms with Crippen molar-refractivity contribution in [3.8, 4) is 0 Å². The second-order valence-electron chi connectivity index (χ2n) is 7.92. The summed E-state index contributed by atoms with van der Waals surface area (Å²) in [6.45, 7) is 0. The summed E-state index contributed by atoms with van der Waals surface area (Å²) in [4.78, 5) is 26.0. The molecule has 5 rings (SSSR count). The van der Waals surface area contributed by atoms with Crippen molar-refractivity contribution in [3.05, 3.63) is 98.8 Å². The summed E-state index contributed by atoms with van der Waals surface area (Å²) in [6.07, 6.45) is 6.27. The molecule has 0 aliphatic carbocycles. The Bertz CT molecular complexity index is 1240. The normalized spacial score (nSPS) is 14.4. The molecule has 198 valence electrons. The molecule has 2 aliphatic heterocycles. The van der Waals surface area contributed by atoms with Gasteiger partial charge in [-0.3, -0.25) is 0 Å². The molecule has 1 aromatic heterocycles. The molecule has 12 heteroatoms. The molecule has 0 spiro atoms. The van der Waals surface area contributed by atoms with Crippen LogP contribution in [0.2, 0.25) is 0 Å². The molecule has 0 amide bonds. The number of fused-ring (bicyclic) bond motifs is 1. The Balaban J connectivity index is 0.00000164. The van der Waals surface area contributed by atoms with Crippen molar-refractivity contribution in [2.45, 2.75) is 22.6 Å². The third-order valence-corrected chi connectivity index (χ3v) is 13.9. The maximum atomic E-state index is 10.7. The monoisotopic (exact) mass is 729 g/mol. The van der Waals surface area contributed by atoms with Crippen molar-refractivity contribution in [1.29, 1.82) is 0 Å². The summed E-state index contributed by atoms with van der Waals surface area (Å²) in [6, 6.07) is 15.1. The van der Waals surface area contributed by atoms with E-state index < -0.39 is 0 Å². The van der Waals surface area contributed by atoms with Gasteiger partial charge in [-0.1, -0.05) is 93.9 Å². The number of halogens is 1. The number of nitroso groups, excluding NO2 is 2. The lowest BCUT2D eigenvalue weighted by atomic mass is 10.2. The van der Waals surface area contributed by atoms with Crippen LogP contribution in [0.5, 0.6) is 0 Å². The zero-order valence-electron chi connectivity index (χ0n) is 20.6. The predicted octanol–water partition coefficient (Wildman–Crippen LogP) is 10.8. The first-order valence-electron chi connectivity index (χ1n) is 11.4. The summed E-state index contributed by atoms with van der Waals surface area (Å²) in [5.41, 5.74) is 3.36. The maximum Gasteiger partial charge on any atom is 0.108 e. The van der Waals surface area contributed by atoms with Crippen LogP contribution in [0.25, 0.3) is 0 Å². The van der Waals surface area contributed by atoms with Gasteiger partial charge in [0.1, 0.15) is 11.4 Å². The quantitative estimate of drug-likeness (QED) is 0.116. The third kappa shape index (κ3) is 8.14. The SMILES string of the molecule is CI.Cn1cc2c(c1)SC(=C1SC(SCCc3ccc(N=O)cc3)=C(SCCc3ccc(N=O)cc3)S1)S2. The third-order valence-electron chi connectivity index (χ3n) is 5.33. The van der Waals surface area contributed by atoms with E-state index in [0.717, 1.165) is 24.3 Å². The Morgan fingerprint density at radius 1 is 0.684 bits per heavy atom. The van der Waals surface area contributed by atoms with E-state index >= 15 is 0 Å². The Morgan fingerprint density at radius 2 is 1.08 bits per heavy atom. The van der Waals surface area contributed by atoms with E-state index in [1.807, 2.05) is 99.8 Å². The number of nitrogens with zero attached hydrogens (tertiary/aromatic N) is 3. The van der Waals surface area contributed by atoms with Gasteiger partial charge in [-0.25, -0.2) is 0 Å². The van der Waals surface area contributed by atoms with Gasteiger partial charge < -0.3 is 4.57 Å². The van der Waals surface area contributed by atoms with Crippen molar-refractivity contribution in [2.75, 3.05) is 16.4 Å². The fraction of sp³-hybridized carbons (Fsp3) is 0.231. The van der Waals surface area contributed by atoms with Crippen LogP contribution in [0.4, 0.5) is 11.4 Å². The number of aryl methyl sites for hydroxylation is 3. The van der Waals surface area contributed by atoms with E-state index in [0.29, 0.717) is 11.4 Å². The molecule has 0 atom stereocenters. The van der Waals surface area contributed by atoms with E-state index in [9.17, 15) is 9.81 Å². The molecule has 0 radical (unpaired) electrons. The van der Waals surface area contributed by atoms with Crippen molar-refractivity contribution in [2.24, 2.45) is 17.4 Å². The van der Waals surface area contributed by atoms with Crippen LogP contribution in [0, 0.1) is 9.81 Å². The van der Waals surface area contributed by atoms with Crippen LogP contribution in [0.15, 0.2) is 98.0 Å². The molecule has 38 heavy (non-hydrogen) atoms. The first-order valence-corrected chi connectivity index (χ1v) is 18.8. The van der Waals surface area contributed by atoms with Gasteiger partial charge in [0.25, 0.3) is 0 Å². The highest BCUT2D eigenvalue weighted by molar-refractivity contribution is 14.1. The van der Waals surface area contributed by atoms with Crippen molar-refractivity contribution in [1.82, 2.24) is 4.57 Å².